The van der Waals surface area contributed by atoms with E-state index in [1.807, 2.05) is 27.7 Å². The highest BCUT2D eigenvalue weighted by atomic mass is 79.9. The first-order valence-corrected chi connectivity index (χ1v) is 6.68. The van der Waals surface area contributed by atoms with Crippen LogP contribution in [0.3, 0.4) is 0 Å². The Labute approximate surface area is 116 Å². The molecule has 0 spiro atoms. The molecule has 0 saturated carbocycles. The Kier molecular flexibility index (Phi) is 5.05. The number of carbonyl (C=O) groups is 1. The molecule has 18 heavy (non-hydrogen) atoms. The van der Waals surface area contributed by atoms with Crippen molar-refractivity contribution < 1.29 is 13.9 Å². The summed E-state index contributed by atoms with van der Waals surface area (Å²) in [5, 5.41) is 0. The zero-order chi connectivity index (χ0) is 13.9. The van der Waals surface area contributed by atoms with E-state index in [1.165, 1.54) is 6.07 Å². The molecule has 0 N–H and O–H groups in total. The van der Waals surface area contributed by atoms with Crippen molar-refractivity contribution in [3.63, 3.8) is 0 Å². The lowest BCUT2D eigenvalue weighted by atomic mass is 9.84. The lowest BCUT2D eigenvalue weighted by Gasteiger charge is -2.29. The predicted octanol–water partition coefficient (Wildman–Crippen LogP) is 4.22. The van der Waals surface area contributed by atoms with Crippen LogP contribution in [0.4, 0.5) is 4.39 Å². The van der Waals surface area contributed by atoms with E-state index in [2.05, 4.69) is 15.9 Å². The number of ether oxygens (including phenoxy) is 1. The Morgan fingerprint density at radius 1 is 1.44 bits per heavy atom. The molecule has 0 fully saturated rings. The highest BCUT2D eigenvalue weighted by Gasteiger charge is 2.34. The molecular formula is C14H18BrFO2. The second-order valence-electron chi connectivity index (χ2n) is 5.17. The average Bonchev–Trinajstić information content (AvgIpc) is 2.27. The van der Waals surface area contributed by atoms with Crippen LogP contribution in [0.5, 0.6) is 0 Å². The zero-order valence-electron chi connectivity index (χ0n) is 11.1. The molecule has 2 nitrogen and oxygen atoms in total. The number of benzene rings is 1. The van der Waals surface area contributed by atoms with Crippen LogP contribution in [0.25, 0.3) is 0 Å². The molecule has 0 aliphatic carbocycles. The molecule has 1 aromatic carbocycles. The van der Waals surface area contributed by atoms with Gasteiger partial charge in [0, 0.05) is 6.61 Å². The van der Waals surface area contributed by atoms with Crippen LogP contribution < -0.4 is 0 Å². The van der Waals surface area contributed by atoms with Crippen molar-refractivity contribution in [3.05, 3.63) is 34.1 Å². The van der Waals surface area contributed by atoms with E-state index < -0.39 is 11.9 Å². The molecule has 4 heteroatoms. The van der Waals surface area contributed by atoms with Gasteiger partial charge in [-0.05, 0) is 40.4 Å². The highest BCUT2D eigenvalue weighted by Crippen LogP contribution is 2.28. The summed E-state index contributed by atoms with van der Waals surface area (Å²) in [7, 11) is 0. The van der Waals surface area contributed by atoms with Crippen LogP contribution in [-0.4, -0.2) is 18.5 Å². The fraction of sp³-hybridized carbons (Fsp3) is 0.500. The summed E-state index contributed by atoms with van der Waals surface area (Å²) in [6, 6.07) is 4.70. The molecule has 1 atom stereocenters. The summed E-state index contributed by atoms with van der Waals surface area (Å²) >= 11 is 3.08. The minimum absolute atomic E-state index is 0.0674. The second-order valence-corrected chi connectivity index (χ2v) is 6.02. The molecule has 0 aliphatic heterocycles. The number of Topliss-reactive ketones (excluding diaryl/α,β-unsaturated/α-hetero) is 1. The van der Waals surface area contributed by atoms with E-state index in [1.54, 1.807) is 12.1 Å². The topological polar surface area (TPSA) is 26.3 Å². The number of rotatable bonds is 4. The third kappa shape index (κ3) is 3.39. The van der Waals surface area contributed by atoms with E-state index in [4.69, 9.17) is 4.74 Å². The minimum atomic E-state index is -0.647. The molecule has 0 saturated heterocycles. The Bertz CT molecular complexity index is 438. The molecule has 0 aromatic heterocycles. The first-order valence-electron chi connectivity index (χ1n) is 5.88. The van der Waals surface area contributed by atoms with Crippen LogP contribution >= 0.6 is 15.9 Å². The summed E-state index contributed by atoms with van der Waals surface area (Å²) in [6.07, 6.45) is -0.647. The summed E-state index contributed by atoms with van der Waals surface area (Å²) in [5.41, 5.74) is -0.306. The van der Waals surface area contributed by atoms with E-state index in [0.29, 0.717) is 6.61 Å². The lowest BCUT2D eigenvalue weighted by molar-refractivity contribution is -0.000491. The summed E-state index contributed by atoms with van der Waals surface area (Å²) in [6.45, 7) is 7.95. The van der Waals surface area contributed by atoms with Crippen molar-refractivity contribution in [1.29, 1.82) is 0 Å². The molecule has 0 bridgehead atoms. The molecule has 1 aromatic rings. The smallest absolute Gasteiger partial charge is 0.195 e. The normalized spacial score (nSPS) is 13.4. The van der Waals surface area contributed by atoms with Crippen molar-refractivity contribution in [1.82, 2.24) is 0 Å². The average molecular weight is 317 g/mol. The van der Waals surface area contributed by atoms with Gasteiger partial charge < -0.3 is 4.74 Å². The largest absolute Gasteiger partial charge is 0.370 e. The van der Waals surface area contributed by atoms with Crippen molar-refractivity contribution in [2.75, 3.05) is 6.61 Å². The maximum atomic E-state index is 13.9. The number of carbonyl (C=O) groups excluding carboxylic acids is 1. The number of hydrogen-bond donors (Lipinski definition) is 0. The van der Waals surface area contributed by atoms with Crippen LogP contribution in [0.15, 0.2) is 22.7 Å². The fourth-order valence-electron chi connectivity index (χ4n) is 1.72. The van der Waals surface area contributed by atoms with E-state index in [-0.39, 0.29) is 21.2 Å². The van der Waals surface area contributed by atoms with Crippen LogP contribution in [-0.2, 0) is 4.74 Å². The molecule has 0 radical (unpaired) electrons. The van der Waals surface area contributed by atoms with Gasteiger partial charge >= 0.3 is 0 Å². The fourth-order valence-corrected chi connectivity index (χ4v) is 2.09. The van der Waals surface area contributed by atoms with Crippen LogP contribution in [0, 0.1) is 11.2 Å². The molecule has 1 rings (SSSR count). The number of ketones is 1. The first-order chi connectivity index (χ1) is 8.29. The highest BCUT2D eigenvalue weighted by molar-refractivity contribution is 9.10. The molecule has 1 unspecified atom stereocenters. The molecule has 100 valence electrons. The first kappa shape index (κ1) is 15.3. The van der Waals surface area contributed by atoms with Gasteiger partial charge in [-0.25, -0.2) is 4.39 Å². The molecular weight excluding hydrogens is 299 g/mol. The van der Waals surface area contributed by atoms with Crippen LogP contribution in [0.1, 0.15) is 38.1 Å². The predicted molar refractivity (Wildman–Crippen MR) is 73.3 cm³/mol. The van der Waals surface area contributed by atoms with E-state index >= 15 is 0 Å². The monoisotopic (exact) mass is 316 g/mol. The zero-order valence-corrected chi connectivity index (χ0v) is 12.7. The van der Waals surface area contributed by atoms with E-state index in [0.717, 1.165) is 0 Å². The Morgan fingerprint density at radius 2 is 2.06 bits per heavy atom. The van der Waals surface area contributed by atoms with E-state index in [9.17, 15) is 9.18 Å². The minimum Gasteiger partial charge on any atom is -0.370 e. The van der Waals surface area contributed by atoms with Gasteiger partial charge in [0.1, 0.15) is 11.9 Å². The maximum Gasteiger partial charge on any atom is 0.195 e. The summed E-state index contributed by atoms with van der Waals surface area (Å²) in [4.78, 5) is 12.4. The van der Waals surface area contributed by atoms with Crippen molar-refractivity contribution in [2.24, 2.45) is 5.41 Å². The van der Waals surface area contributed by atoms with Gasteiger partial charge in [0.2, 0.25) is 0 Å². The Morgan fingerprint density at radius 3 is 2.56 bits per heavy atom. The van der Waals surface area contributed by atoms with Crippen LogP contribution in [0.2, 0.25) is 0 Å². The quantitative estimate of drug-likeness (QED) is 0.777. The van der Waals surface area contributed by atoms with Crippen molar-refractivity contribution in [2.45, 2.75) is 33.8 Å². The third-order valence-electron chi connectivity index (χ3n) is 2.58. The van der Waals surface area contributed by atoms with Gasteiger partial charge in [0.25, 0.3) is 0 Å². The second kappa shape index (κ2) is 5.93. The van der Waals surface area contributed by atoms with Gasteiger partial charge in [-0.15, -0.1) is 0 Å². The SMILES string of the molecule is CCOC(C(=O)c1cccc(Br)c1F)C(C)(C)C. The third-order valence-corrected chi connectivity index (χ3v) is 3.19. The Hall–Kier alpha value is -0.740. The van der Waals surface area contributed by atoms with Crippen molar-refractivity contribution in [3.8, 4) is 0 Å². The van der Waals surface area contributed by atoms with Gasteiger partial charge in [-0.2, -0.15) is 0 Å². The standard InChI is InChI=1S/C14H18BrFO2/c1-5-18-13(14(2,3)4)12(17)9-7-6-8-10(15)11(9)16/h6-8,13H,5H2,1-4H3. The summed E-state index contributed by atoms with van der Waals surface area (Å²) in [5.74, 6) is -0.848. The molecule has 0 aliphatic rings. The summed E-state index contributed by atoms with van der Waals surface area (Å²) < 4.78 is 19.7. The van der Waals surface area contributed by atoms with Crippen molar-refractivity contribution >= 4 is 21.7 Å². The number of hydrogen-bond acceptors (Lipinski definition) is 2. The van der Waals surface area contributed by atoms with Gasteiger partial charge in [-0.1, -0.05) is 26.8 Å². The molecule has 0 amide bonds. The van der Waals surface area contributed by atoms with Gasteiger partial charge in [0.15, 0.2) is 5.78 Å². The number of halogens is 2. The lowest BCUT2D eigenvalue weighted by Crippen LogP contribution is -2.37. The maximum absolute atomic E-state index is 13.9. The Balaban J connectivity index is 3.14. The van der Waals surface area contributed by atoms with Gasteiger partial charge in [0.05, 0.1) is 10.0 Å². The van der Waals surface area contributed by atoms with Gasteiger partial charge in [-0.3, -0.25) is 4.79 Å². The molecule has 0 heterocycles.